The molecule has 0 radical (unpaired) electrons. The number of hydrogen-bond acceptors (Lipinski definition) is 3. The van der Waals surface area contributed by atoms with Gasteiger partial charge in [-0.25, -0.2) is 0 Å². The summed E-state index contributed by atoms with van der Waals surface area (Å²) < 4.78 is 2.33. The molecular weight excluding hydrogens is 212 g/mol. The lowest BCUT2D eigenvalue weighted by molar-refractivity contribution is 0.256. The maximum Gasteiger partial charge on any atom is 0.147 e. The van der Waals surface area contributed by atoms with Crippen LogP contribution in [0.1, 0.15) is 51.7 Å². The molecule has 0 saturated carbocycles. The van der Waals surface area contributed by atoms with Crippen LogP contribution >= 0.6 is 0 Å². The van der Waals surface area contributed by atoms with Crippen LogP contribution < -0.4 is 0 Å². The van der Waals surface area contributed by atoms with Crippen molar-refractivity contribution in [2.24, 2.45) is 0 Å². The average molecular weight is 236 g/mol. The van der Waals surface area contributed by atoms with Crippen molar-refractivity contribution in [3.8, 4) is 0 Å². The van der Waals surface area contributed by atoms with Crippen molar-refractivity contribution >= 4 is 0 Å². The summed E-state index contributed by atoms with van der Waals surface area (Å²) in [7, 11) is 2.14. The number of fused-ring (bicyclic) bond motifs is 1. The lowest BCUT2D eigenvalue weighted by Gasteiger charge is -2.28. The van der Waals surface area contributed by atoms with E-state index in [1.807, 2.05) is 0 Å². The Kier molecular flexibility index (Phi) is 3.52. The molecule has 0 N–H and O–H groups in total. The third kappa shape index (κ3) is 2.51. The fourth-order valence-electron chi connectivity index (χ4n) is 2.51. The zero-order valence-corrected chi connectivity index (χ0v) is 11.5. The Labute approximate surface area is 104 Å². The lowest BCUT2D eigenvalue weighted by atomic mass is 9.86. The van der Waals surface area contributed by atoms with Crippen LogP contribution in [0.2, 0.25) is 0 Å². The standard InChI is InChI=1S/C13H24N4/c1-5-6-7-13(2,3)12-15-14-11-10-16(4)8-9-17(11)12/h5-10H2,1-4H3. The Hall–Kier alpha value is -0.900. The summed E-state index contributed by atoms with van der Waals surface area (Å²) >= 11 is 0. The van der Waals surface area contributed by atoms with Gasteiger partial charge in [0, 0.05) is 18.5 Å². The zero-order chi connectivity index (χ0) is 12.5. The predicted molar refractivity (Wildman–Crippen MR) is 68.9 cm³/mol. The molecule has 96 valence electrons. The smallest absolute Gasteiger partial charge is 0.147 e. The van der Waals surface area contributed by atoms with E-state index in [1.54, 1.807) is 0 Å². The summed E-state index contributed by atoms with van der Waals surface area (Å²) in [6.45, 7) is 9.88. The van der Waals surface area contributed by atoms with Crippen molar-refractivity contribution in [2.45, 2.75) is 58.5 Å². The first-order valence-electron chi connectivity index (χ1n) is 6.65. The third-order valence-corrected chi connectivity index (χ3v) is 3.70. The number of nitrogens with zero attached hydrogens (tertiary/aromatic N) is 4. The van der Waals surface area contributed by atoms with Crippen LogP contribution in [-0.4, -0.2) is 33.3 Å². The van der Waals surface area contributed by atoms with Gasteiger partial charge in [0.2, 0.25) is 0 Å². The van der Waals surface area contributed by atoms with E-state index in [2.05, 4.69) is 47.5 Å². The Morgan fingerprint density at radius 2 is 2.00 bits per heavy atom. The quantitative estimate of drug-likeness (QED) is 0.803. The minimum Gasteiger partial charge on any atom is -0.312 e. The summed E-state index contributed by atoms with van der Waals surface area (Å²) in [5, 5.41) is 8.80. The summed E-state index contributed by atoms with van der Waals surface area (Å²) in [5.41, 5.74) is 0.150. The molecule has 0 aliphatic carbocycles. The van der Waals surface area contributed by atoms with Gasteiger partial charge in [-0.2, -0.15) is 0 Å². The third-order valence-electron chi connectivity index (χ3n) is 3.70. The zero-order valence-electron chi connectivity index (χ0n) is 11.5. The SMILES string of the molecule is CCCCC(C)(C)c1nnc2n1CCN(C)C2. The van der Waals surface area contributed by atoms with E-state index in [0.717, 1.165) is 25.5 Å². The van der Waals surface area contributed by atoms with Crippen molar-refractivity contribution in [2.75, 3.05) is 13.6 Å². The molecular formula is C13H24N4. The number of hydrogen-bond donors (Lipinski definition) is 0. The summed E-state index contributed by atoms with van der Waals surface area (Å²) in [6.07, 6.45) is 3.69. The number of unbranched alkanes of at least 4 members (excludes halogenated alkanes) is 1. The topological polar surface area (TPSA) is 34.0 Å². The van der Waals surface area contributed by atoms with E-state index in [9.17, 15) is 0 Å². The maximum atomic E-state index is 4.44. The molecule has 17 heavy (non-hydrogen) atoms. The summed E-state index contributed by atoms with van der Waals surface area (Å²) in [4.78, 5) is 2.30. The normalized spacial score (nSPS) is 17.2. The fraction of sp³-hybridized carbons (Fsp3) is 0.846. The minimum atomic E-state index is 0.150. The molecule has 0 fully saturated rings. The van der Waals surface area contributed by atoms with Crippen molar-refractivity contribution in [1.29, 1.82) is 0 Å². The van der Waals surface area contributed by atoms with Crippen LogP contribution in [0.4, 0.5) is 0 Å². The molecule has 1 aliphatic heterocycles. The van der Waals surface area contributed by atoms with E-state index >= 15 is 0 Å². The molecule has 1 aromatic heterocycles. The van der Waals surface area contributed by atoms with Crippen LogP contribution in [0.5, 0.6) is 0 Å². The molecule has 2 heterocycles. The van der Waals surface area contributed by atoms with Crippen LogP contribution in [0, 0.1) is 0 Å². The monoisotopic (exact) mass is 236 g/mol. The highest BCUT2D eigenvalue weighted by Gasteiger charge is 2.29. The maximum absolute atomic E-state index is 4.44. The number of rotatable bonds is 4. The first-order chi connectivity index (χ1) is 8.04. The van der Waals surface area contributed by atoms with Crippen LogP contribution in [0.25, 0.3) is 0 Å². The molecule has 0 saturated heterocycles. The van der Waals surface area contributed by atoms with Crippen molar-refractivity contribution in [3.63, 3.8) is 0 Å². The molecule has 1 aliphatic rings. The van der Waals surface area contributed by atoms with Crippen molar-refractivity contribution in [1.82, 2.24) is 19.7 Å². The lowest BCUT2D eigenvalue weighted by Crippen LogP contribution is -2.33. The van der Waals surface area contributed by atoms with Gasteiger partial charge in [-0.3, -0.25) is 4.90 Å². The average Bonchev–Trinajstić information content (AvgIpc) is 2.69. The Balaban J connectivity index is 2.22. The van der Waals surface area contributed by atoms with Gasteiger partial charge in [-0.15, -0.1) is 10.2 Å². The van der Waals surface area contributed by atoms with Crippen molar-refractivity contribution in [3.05, 3.63) is 11.6 Å². The predicted octanol–water partition coefficient (Wildman–Crippen LogP) is 2.19. The molecule has 0 bridgehead atoms. The molecule has 2 rings (SSSR count). The summed E-state index contributed by atoms with van der Waals surface area (Å²) in [5.74, 6) is 2.30. The van der Waals surface area contributed by atoms with E-state index in [1.165, 1.54) is 25.1 Å². The largest absolute Gasteiger partial charge is 0.312 e. The van der Waals surface area contributed by atoms with Gasteiger partial charge in [-0.1, -0.05) is 33.6 Å². The Morgan fingerprint density at radius 3 is 2.71 bits per heavy atom. The van der Waals surface area contributed by atoms with Gasteiger partial charge in [-0.05, 0) is 13.5 Å². The molecule has 0 amide bonds. The molecule has 4 nitrogen and oxygen atoms in total. The molecule has 0 aromatic carbocycles. The minimum absolute atomic E-state index is 0.150. The Bertz CT molecular complexity index is 381. The van der Waals surface area contributed by atoms with Gasteiger partial charge in [0.25, 0.3) is 0 Å². The van der Waals surface area contributed by atoms with Gasteiger partial charge < -0.3 is 4.57 Å². The van der Waals surface area contributed by atoms with E-state index in [0.29, 0.717) is 0 Å². The van der Waals surface area contributed by atoms with Gasteiger partial charge in [0.1, 0.15) is 11.6 Å². The van der Waals surface area contributed by atoms with Crippen LogP contribution in [-0.2, 0) is 18.5 Å². The van der Waals surface area contributed by atoms with E-state index in [-0.39, 0.29) is 5.41 Å². The Morgan fingerprint density at radius 1 is 1.24 bits per heavy atom. The molecule has 0 spiro atoms. The highest BCUT2D eigenvalue weighted by Crippen LogP contribution is 2.29. The van der Waals surface area contributed by atoms with Crippen LogP contribution in [0.15, 0.2) is 0 Å². The molecule has 1 aromatic rings. The van der Waals surface area contributed by atoms with Gasteiger partial charge in [0.05, 0.1) is 6.54 Å². The van der Waals surface area contributed by atoms with Gasteiger partial charge in [0.15, 0.2) is 0 Å². The first-order valence-corrected chi connectivity index (χ1v) is 6.65. The highest BCUT2D eigenvalue weighted by atomic mass is 15.3. The van der Waals surface area contributed by atoms with Crippen LogP contribution in [0.3, 0.4) is 0 Å². The second kappa shape index (κ2) is 4.77. The second-order valence-corrected chi connectivity index (χ2v) is 5.82. The second-order valence-electron chi connectivity index (χ2n) is 5.82. The van der Waals surface area contributed by atoms with E-state index < -0.39 is 0 Å². The number of aromatic nitrogens is 3. The summed E-state index contributed by atoms with van der Waals surface area (Å²) in [6, 6.07) is 0. The number of likely N-dealkylation sites (N-methyl/N-ethyl adjacent to an activating group) is 1. The highest BCUT2D eigenvalue weighted by molar-refractivity contribution is 5.09. The first kappa shape index (κ1) is 12.6. The fourth-order valence-corrected chi connectivity index (χ4v) is 2.51. The molecule has 0 atom stereocenters. The van der Waals surface area contributed by atoms with Crippen molar-refractivity contribution < 1.29 is 0 Å². The van der Waals surface area contributed by atoms with Gasteiger partial charge >= 0.3 is 0 Å². The molecule has 0 unspecified atom stereocenters. The van der Waals surface area contributed by atoms with E-state index in [4.69, 9.17) is 0 Å². The molecule has 4 heteroatoms.